The van der Waals surface area contributed by atoms with Crippen LogP contribution < -0.4 is 10.2 Å². The van der Waals surface area contributed by atoms with E-state index in [-0.39, 0.29) is 17.4 Å². The lowest BCUT2D eigenvalue weighted by Gasteiger charge is -2.33. The van der Waals surface area contributed by atoms with E-state index in [1.165, 1.54) is 6.07 Å². The fourth-order valence-corrected chi connectivity index (χ4v) is 2.97. The van der Waals surface area contributed by atoms with Crippen LogP contribution >= 0.6 is 0 Å². The van der Waals surface area contributed by atoms with E-state index >= 15 is 0 Å². The van der Waals surface area contributed by atoms with Gasteiger partial charge in [0.2, 0.25) is 5.91 Å². The largest absolute Gasteiger partial charge is 0.478 e. The van der Waals surface area contributed by atoms with Gasteiger partial charge in [-0.15, -0.1) is 0 Å². The zero-order valence-electron chi connectivity index (χ0n) is 14.0. The van der Waals surface area contributed by atoms with Crippen molar-refractivity contribution in [1.82, 2.24) is 9.97 Å². The van der Waals surface area contributed by atoms with Gasteiger partial charge in [-0.2, -0.15) is 0 Å². The Kier molecular flexibility index (Phi) is 4.92. The molecule has 1 fully saturated rings. The minimum atomic E-state index is -1.02. The number of aryl methyl sites for hydroxylation is 1. The van der Waals surface area contributed by atoms with Gasteiger partial charge in [0.1, 0.15) is 17.2 Å². The maximum atomic E-state index is 12.5. The van der Waals surface area contributed by atoms with Crippen molar-refractivity contribution in [3.8, 4) is 0 Å². The van der Waals surface area contributed by atoms with Gasteiger partial charge in [0.15, 0.2) is 0 Å². The molecule has 2 N–H and O–H groups in total. The molecule has 130 valence electrons. The maximum Gasteiger partial charge on any atom is 0.339 e. The summed E-state index contributed by atoms with van der Waals surface area (Å²) in [7, 11) is 0. The molecule has 1 amide bonds. The molecule has 1 aliphatic rings. The van der Waals surface area contributed by atoms with Crippen LogP contribution in [0.4, 0.5) is 11.6 Å². The second kappa shape index (κ2) is 7.29. The van der Waals surface area contributed by atoms with Crippen LogP contribution in [0, 0.1) is 12.8 Å². The third-order valence-corrected chi connectivity index (χ3v) is 4.27. The first-order valence-corrected chi connectivity index (χ1v) is 8.21. The predicted molar refractivity (Wildman–Crippen MR) is 93.7 cm³/mol. The first-order chi connectivity index (χ1) is 12.0. The predicted octanol–water partition coefficient (Wildman–Crippen LogP) is 2.34. The number of nitrogens with zero attached hydrogens (tertiary/aromatic N) is 3. The fourth-order valence-electron chi connectivity index (χ4n) is 2.97. The van der Waals surface area contributed by atoms with Crippen LogP contribution in [0.5, 0.6) is 0 Å². The van der Waals surface area contributed by atoms with Gasteiger partial charge in [0, 0.05) is 25.5 Å². The second-order valence-corrected chi connectivity index (χ2v) is 6.17. The van der Waals surface area contributed by atoms with E-state index in [1.54, 1.807) is 24.5 Å². The van der Waals surface area contributed by atoms with Crippen molar-refractivity contribution in [2.45, 2.75) is 19.8 Å². The van der Waals surface area contributed by atoms with E-state index in [2.05, 4.69) is 15.3 Å². The summed E-state index contributed by atoms with van der Waals surface area (Å²) in [6, 6.07) is 6.80. The van der Waals surface area contributed by atoms with Crippen molar-refractivity contribution in [2.75, 3.05) is 23.3 Å². The topological polar surface area (TPSA) is 95.4 Å². The molecule has 1 unspecified atom stereocenters. The minimum Gasteiger partial charge on any atom is -0.478 e. The van der Waals surface area contributed by atoms with Gasteiger partial charge in [-0.05, 0) is 43.5 Å². The molecule has 0 aromatic carbocycles. The molecule has 25 heavy (non-hydrogen) atoms. The van der Waals surface area contributed by atoms with Crippen LogP contribution in [0.15, 0.2) is 36.7 Å². The molecule has 0 bridgehead atoms. The average molecular weight is 340 g/mol. The summed E-state index contributed by atoms with van der Waals surface area (Å²) < 4.78 is 0. The molecule has 1 atom stereocenters. The van der Waals surface area contributed by atoms with Gasteiger partial charge in [0.05, 0.1) is 5.92 Å². The van der Waals surface area contributed by atoms with Gasteiger partial charge in [-0.3, -0.25) is 4.79 Å². The Bertz CT molecular complexity index is 776. The van der Waals surface area contributed by atoms with Gasteiger partial charge in [0.25, 0.3) is 0 Å². The number of rotatable bonds is 4. The maximum absolute atomic E-state index is 12.5. The lowest BCUT2D eigenvalue weighted by molar-refractivity contribution is -0.120. The summed E-state index contributed by atoms with van der Waals surface area (Å²) in [5, 5.41) is 12.2. The van der Waals surface area contributed by atoms with Gasteiger partial charge in [-0.25, -0.2) is 14.8 Å². The number of hydrogen-bond acceptors (Lipinski definition) is 5. The van der Waals surface area contributed by atoms with Crippen LogP contribution in [0.2, 0.25) is 0 Å². The Labute approximate surface area is 145 Å². The SMILES string of the molecule is Cc1ccc(NC(=O)C2CCCN(c3ncccc3C(=O)O)C2)nc1. The lowest BCUT2D eigenvalue weighted by atomic mass is 9.96. The molecule has 1 saturated heterocycles. The molecular weight excluding hydrogens is 320 g/mol. The molecule has 2 aromatic heterocycles. The van der Waals surface area contributed by atoms with Crippen molar-refractivity contribution in [3.63, 3.8) is 0 Å². The van der Waals surface area contributed by atoms with Crippen LogP contribution in [0.1, 0.15) is 28.8 Å². The number of carbonyl (C=O) groups excluding carboxylic acids is 1. The molecule has 7 nitrogen and oxygen atoms in total. The molecule has 1 aliphatic heterocycles. The van der Waals surface area contributed by atoms with Gasteiger partial charge >= 0.3 is 5.97 Å². The standard InChI is InChI=1S/C18H20N4O3/c1-12-6-7-15(20-10-12)21-17(23)13-4-3-9-22(11-13)16-14(18(24)25)5-2-8-19-16/h2,5-8,10,13H,3-4,9,11H2,1H3,(H,24,25)(H,20,21,23). The van der Waals surface area contributed by atoms with E-state index < -0.39 is 5.97 Å². The van der Waals surface area contributed by atoms with Crippen molar-refractivity contribution in [2.24, 2.45) is 5.92 Å². The smallest absolute Gasteiger partial charge is 0.339 e. The number of aromatic nitrogens is 2. The highest BCUT2D eigenvalue weighted by atomic mass is 16.4. The van der Waals surface area contributed by atoms with Crippen LogP contribution in [0.3, 0.4) is 0 Å². The normalized spacial score (nSPS) is 17.2. The Morgan fingerprint density at radius 2 is 2.12 bits per heavy atom. The summed E-state index contributed by atoms with van der Waals surface area (Å²) in [6.07, 6.45) is 4.83. The van der Waals surface area contributed by atoms with E-state index in [0.29, 0.717) is 24.7 Å². The number of hydrogen-bond donors (Lipinski definition) is 2. The van der Waals surface area contributed by atoms with Crippen LogP contribution in [-0.2, 0) is 4.79 Å². The number of piperidine rings is 1. The minimum absolute atomic E-state index is 0.103. The summed E-state index contributed by atoms with van der Waals surface area (Å²) in [4.78, 5) is 34.2. The quantitative estimate of drug-likeness (QED) is 0.887. The molecular formula is C18H20N4O3. The third-order valence-electron chi connectivity index (χ3n) is 4.27. The Morgan fingerprint density at radius 1 is 1.28 bits per heavy atom. The number of pyridine rings is 2. The molecule has 0 spiro atoms. The van der Waals surface area contributed by atoms with E-state index in [4.69, 9.17) is 0 Å². The first kappa shape index (κ1) is 16.9. The highest BCUT2D eigenvalue weighted by Crippen LogP contribution is 2.25. The van der Waals surface area contributed by atoms with E-state index in [9.17, 15) is 14.7 Å². The van der Waals surface area contributed by atoms with Crippen molar-refractivity contribution in [1.29, 1.82) is 0 Å². The molecule has 7 heteroatoms. The molecule has 3 heterocycles. The number of anilines is 2. The number of aromatic carboxylic acids is 1. The highest BCUT2D eigenvalue weighted by molar-refractivity contribution is 5.94. The van der Waals surface area contributed by atoms with Crippen molar-refractivity contribution in [3.05, 3.63) is 47.8 Å². The fraction of sp³-hybridized carbons (Fsp3) is 0.333. The van der Waals surface area contributed by atoms with E-state index in [1.807, 2.05) is 17.9 Å². The number of carboxylic acids is 1. The Hall–Kier alpha value is -2.96. The van der Waals surface area contributed by atoms with Gasteiger partial charge in [-0.1, -0.05) is 6.07 Å². The number of nitrogens with one attached hydrogen (secondary N) is 1. The van der Waals surface area contributed by atoms with Gasteiger partial charge < -0.3 is 15.3 Å². The van der Waals surface area contributed by atoms with E-state index in [0.717, 1.165) is 18.4 Å². The molecule has 2 aromatic rings. The third kappa shape index (κ3) is 3.93. The summed E-state index contributed by atoms with van der Waals surface area (Å²) in [5.74, 6) is -0.411. The first-order valence-electron chi connectivity index (χ1n) is 8.21. The zero-order valence-corrected chi connectivity index (χ0v) is 14.0. The summed E-state index contributed by atoms with van der Waals surface area (Å²) in [5.41, 5.74) is 1.18. The Morgan fingerprint density at radius 3 is 2.84 bits per heavy atom. The number of carboxylic acid groups (broad SMARTS) is 1. The van der Waals surface area contributed by atoms with Crippen molar-refractivity contribution >= 4 is 23.5 Å². The monoisotopic (exact) mass is 340 g/mol. The lowest BCUT2D eigenvalue weighted by Crippen LogP contribution is -2.41. The number of carbonyl (C=O) groups is 2. The number of amides is 1. The Balaban J connectivity index is 1.72. The van der Waals surface area contributed by atoms with Crippen LogP contribution in [-0.4, -0.2) is 40.0 Å². The zero-order chi connectivity index (χ0) is 17.8. The highest BCUT2D eigenvalue weighted by Gasteiger charge is 2.28. The molecule has 0 radical (unpaired) electrons. The molecule has 3 rings (SSSR count). The average Bonchev–Trinajstić information content (AvgIpc) is 2.63. The van der Waals surface area contributed by atoms with Crippen molar-refractivity contribution < 1.29 is 14.7 Å². The summed E-state index contributed by atoms with van der Waals surface area (Å²) in [6.45, 7) is 3.06. The summed E-state index contributed by atoms with van der Waals surface area (Å²) >= 11 is 0. The molecule has 0 aliphatic carbocycles. The van der Waals surface area contributed by atoms with Crippen LogP contribution in [0.25, 0.3) is 0 Å². The second-order valence-electron chi connectivity index (χ2n) is 6.17. The molecule has 0 saturated carbocycles.